The summed E-state index contributed by atoms with van der Waals surface area (Å²) in [5, 5.41) is 4.72. The number of rotatable bonds is 5. The molecule has 0 amide bonds. The van der Waals surface area contributed by atoms with E-state index < -0.39 is 0 Å². The lowest BCUT2D eigenvalue weighted by Gasteiger charge is -2.27. The lowest BCUT2D eigenvalue weighted by atomic mass is 10.0. The second-order valence-electron chi connectivity index (χ2n) is 12.6. The van der Waals surface area contributed by atoms with Crippen LogP contribution in [0.1, 0.15) is 0 Å². The molecule has 0 unspecified atom stereocenters. The molecule has 0 radical (unpaired) electrons. The second-order valence-corrected chi connectivity index (χ2v) is 12.6. The Morgan fingerprint density at radius 3 is 1.82 bits per heavy atom. The van der Waals surface area contributed by atoms with Crippen molar-refractivity contribution >= 4 is 49.6 Å². The van der Waals surface area contributed by atoms with Crippen LogP contribution in [0.25, 0.3) is 49.4 Å². The van der Waals surface area contributed by atoms with Crippen LogP contribution in [0.15, 0.2) is 182 Å². The Balaban J connectivity index is 1.04. The first-order chi connectivity index (χ1) is 24.8. The second kappa shape index (κ2) is 11.4. The molecule has 0 saturated heterocycles. The molecule has 0 aliphatic carbocycles. The molecule has 2 heterocycles. The topological polar surface area (TPSA) is 26.6 Å². The number of anilines is 3. The van der Waals surface area contributed by atoms with E-state index in [-0.39, 0.29) is 0 Å². The van der Waals surface area contributed by atoms with Crippen molar-refractivity contribution in [3.63, 3.8) is 0 Å². The highest BCUT2D eigenvalue weighted by molar-refractivity contribution is 6.12. The number of fused-ring (bicyclic) bond motifs is 7. The summed E-state index contributed by atoms with van der Waals surface area (Å²) < 4.78 is 15.1. The molecule has 4 nitrogen and oxygen atoms in total. The van der Waals surface area contributed by atoms with Crippen LogP contribution in [0.3, 0.4) is 0 Å². The van der Waals surface area contributed by atoms with Crippen LogP contribution in [0.5, 0.6) is 23.0 Å². The van der Waals surface area contributed by atoms with Gasteiger partial charge in [-0.25, -0.2) is 0 Å². The molecular formula is C46H30N2O2. The molecule has 0 N–H and O–H groups in total. The number of nitrogens with zero attached hydrogens (tertiary/aromatic N) is 2. The maximum Gasteiger partial charge on any atom is 0.194 e. The van der Waals surface area contributed by atoms with Gasteiger partial charge in [0.1, 0.15) is 5.52 Å². The SMILES string of the molecule is c1ccc(N(c2ccc(-c3ccc(-n4c5ccccc5c5ccc6c(c54)Oc4ccccc4O6)cc3)cc2)c2cccc3ccccc23)cc1. The summed E-state index contributed by atoms with van der Waals surface area (Å²) in [4.78, 5) is 2.34. The first-order valence-corrected chi connectivity index (χ1v) is 16.8. The third-order valence-corrected chi connectivity index (χ3v) is 9.64. The van der Waals surface area contributed by atoms with Crippen molar-refractivity contribution in [3.05, 3.63) is 182 Å². The molecule has 0 spiro atoms. The zero-order valence-corrected chi connectivity index (χ0v) is 27.0. The molecule has 0 atom stereocenters. The monoisotopic (exact) mass is 642 g/mol. The zero-order chi connectivity index (χ0) is 33.0. The van der Waals surface area contributed by atoms with E-state index in [2.05, 4.69) is 161 Å². The van der Waals surface area contributed by atoms with Crippen LogP contribution in [-0.2, 0) is 0 Å². The third kappa shape index (κ3) is 4.54. The van der Waals surface area contributed by atoms with E-state index >= 15 is 0 Å². The fourth-order valence-corrected chi connectivity index (χ4v) is 7.32. The average molecular weight is 643 g/mol. The molecule has 0 bridgehead atoms. The van der Waals surface area contributed by atoms with Crippen molar-refractivity contribution in [3.8, 4) is 39.8 Å². The van der Waals surface area contributed by atoms with Gasteiger partial charge < -0.3 is 18.9 Å². The van der Waals surface area contributed by atoms with Gasteiger partial charge in [0.25, 0.3) is 0 Å². The number of benzene rings is 8. The van der Waals surface area contributed by atoms with E-state index in [4.69, 9.17) is 9.47 Å². The van der Waals surface area contributed by atoms with Gasteiger partial charge in [-0.15, -0.1) is 0 Å². The van der Waals surface area contributed by atoms with Crippen molar-refractivity contribution < 1.29 is 9.47 Å². The summed E-state index contributed by atoms with van der Waals surface area (Å²) in [6.45, 7) is 0. The van der Waals surface area contributed by atoms with Gasteiger partial charge in [0.05, 0.1) is 11.2 Å². The number of aromatic nitrogens is 1. The Kier molecular flexibility index (Phi) is 6.46. The van der Waals surface area contributed by atoms with Crippen molar-refractivity contribution in [1.29, 1.82) is 0 Å². The summed E-state index contributed by atoms with van der Waals surface area (Å²) in [5.41, 5.74) is 8.83. The molecule has 1 aliphatic rings. The van der Waals surface area contributed by atoms with Crippen LogP contribution in [0.4, 0.5) is 17.1 Å². The van der Waals surface area contributed by atoms with Gasteiger partial charge in [0, 0.05) is 33.2 Å². The Hall–Kier alpha value is -6.78. The molecule has 4 heteroatoms. The number of hydrogen-bond donors (Lipinski definition) is 0. The molecule has 9 aromatic rings. The Bertz CT molecular complexity index is 2690. The fourth-order valence-electron chi connectivity index (χ4n) is 7.32. The minimum atomic E-state index is 0.713. The van der Waals surface area contributed by atoms with Crippen molar-refractivity contribution in [1.82, 2.24) is 4.57 Å². The van der Waals surface area contributed by atoms with Gasteiger partial charge in [-0.3, -0.25) is 0 Å². The normalized spacial score (nSPS) is 11.9. The van der Waals surface area contributed by atoms with Gasteiger partial charge in [0.15, 0.2) is 23.0 Å². The summed E-state index contributed by atoms with van der Waals surface area (Å²) in [7, 11) is 0. The highest BCUT2D eigenvalue weighted by Gasteiger charge is 2.25. The van der Waals surface area contributed by atoms with E-state index in [1.54, 1.807) is 0 Å². The number of ether oxygens (including phenoxy) is 2. The fraction of sp³-hybridized carbons (Fsp3) is 0. The van der Waals surface area contributed by atoms with E-state index in [1.807, 2.05) is 30.3 Å². The van der Waals surface area contributed by atoms with Crippen LogP contribution in [-0.4, -0.2) is 4.57 Å². The van der Waals surface area contributed by atoms with Crippen molar-refractivity contribution in [2.75, 3.05) is 4.90 Å². The summed E-state index contributed by atoms with van der Waals surface area (Å²) in [5.74, 6) is 2.88. The summed E-state index contributed by atoms with van der Waals surface area (Å²) in [6, 6.07) is 63.8. The van der Waals surface area contributed by atoms with Crippen molar-refractivity contribution in [2.24, 2.45) is 0 Å². The largest absolute Gasteiger partial charge is 0.449 e. The predicted molar refractivity (Wildman–Crippen MR) is 205 cm³/mol. The molecule has 236 valence electrons. The minimum absolute atomic E-state index is 0.713. The molecule has 0 fully saturated rings. The molecular weight excluding hydrogens is 613 g/mol. The molecule has 50 heavy (non-hydrogen) atoms. The molecule has 1 aromatic heterocycles. The van der Waals surface area contributed by atoms with Gasteiger partial charge in [-0.1, -0.05) is 109 Å². The van der Waals surface area contributed by atoms with Gasteiger partial charge in [0.2, 0.25) is 0 Å². The summed E-state index contributed by atoms with van der Waals surface area (Å²) in [6.07, 6.45) is 0. The lowest BCUT2D eigenvalue weighted by molar-refractivity contribution is 0.362. The molecule has 1 aliphatic heterocycles. The molecule has 10 rings (SSSR count). The van der Waals surface area contributed by atoms with Crippen molar-refractivity contribution in [2.45, 2.75) is 0 Å². The maximum atomic E-state index is 6.54. The van der Waals surface area contributed by atoms with Gasteiger partial charge in [-0.2, -0.15) is 0 Å². The molecule has 0 saturated carbocycles. The first kappa shape index (κ1) is 28.3. The standard InChI is InChI=1S/C46H30N2O2/c1-2-13-34(14-3-1)47(40-18-10-12-33-11-4-5-15-37(33)40)35-25-21-31(22-26-35)32-23-27-36(28-24-32)48-41-17-7-6-16-38(41)39-29-30-44-46(45(39)48)50-43-20-9-8-19-42(43)49-44/h1-30H. The van der Waals surface area contributed by atoms with E-state index in [0.717, 1.165) is 67.5 Å². The number of para-hydroxylation sites is 4. The zero-order valence-electron chi connectivity index (χ0n) is 27.0. The van der Waals surface area contributed by atoms with Gasteiger partial charge >= 0.3 is 0 Å². The van der Waals surface area contributed by atoms with Crippen LogP contribution >= 0.6 is 0 Å². The predicted octanol–water partition coefficient (Wildman–Crippen LogP) is 13.0. The first-order valence-electron chi connectivity index (χ1n) is 16.8. The third-order valence-electron chi connectivity index (χ3n) is 9.64. The molecule has 8 aromatic carbocycles. The van der Waals surface area contributed by atoms with Crippen LogP contribution < -0.4 is 14.4 Å². The van der Waals surface area contributed by atoms with E-state index in [0.29, 0.717) is 5.75 Å². The summed E-state index contributed by atoms with van der Waals surface area (Å²) >= 11 is 0. The number of hydrogen-bond acceptors (Lipinski definition) is 3. The van der Waals surface area contributed by atoms with Crippen LogP contribution in [0.2, 0.25) is 0 Å². The van der Waals surface area contributed by atoms with E-state index in [9.17, 15) is 0 Å². The Morgan fingerprint density at radius 1 is 0.400 bits per heavy atom. The smallest absolute Gasteiger partial charge is 0.194 e. The maximum absolute atomic E-state index is 6.54. The van der Waals surface area contributed by atoms with E-state index in [1.165, 1.54) is 16.2 Å². The average Bonchev–Trinajstić information content (AvgIpc) is 3.53. The van der Waals surface area contributed by atoms with Gasteiger partial charge in [-0.05, 0) is 89.3 Å². The lowest BCUT2D eigenvalue weighted by Crippen LogP contribution is -2.10. The highest BCUT2D eigenvalue weighted by Crippen LogP contribution is 2.50. The minimum Gasteiger partial charge on any atom is -0.449 e. The Morgan fingerprint density at radius 2 is 1.02 bits per heavy atom. The quantitative estimate of drug-likeness (QED) is 0.187. The Labute approximate surface area is 289 Å². The highest BCUT2D eigenvalue weighted by atomic mass is 16.6. The van der Waals surface area contributed by atoms with Crippen LogP contribution in [0, 0.1) is 0 Å².